The quantitative estimate of drug-likeness (QED) is 0.541. The Labute approximate surface area is 131 Å². The molecule has 0 fully saturated rings. The van der Waals surface area contributed by atoms with Gasteiger partial charge in [0.1, 0.15) is 22.6 Å². The number of rotatable bonds is 4. The summed E-state index contributed by atoms with van der Waals surface area (Å²) >= 11 is 6.28. The van der Waals surface area contributed by atoms with Gasteiger partial charge in [0.15, 0.2) is 0 Å². The van der Waals surface area contributed by atoms with Gasteiger partial charge in [-0.05, 0) is 34.1 Å². The van der Waals surface area contributed by atoms with Gasteiger partial charge in [-0.25, -0.2) is 4.39 Å². The Morgan fingerprint density at radius 2 is 2.00 bits per heavy atom. The third-order valence-electron chi connectivity index (χ3n) is 2.54. The molecule has 104 valence electrons. The van der Waals surface area contributed by atoms with Crippen LogP contribution in [-0.4, -0.2) is 4.92 Å². The number of benzene rings is 2. The third kappa shape index (κ3) is 3.34. The second-order valence-corrected chi connectivity index (χ2v) is 5.58. The summed E-state index contributed by atoms with van der Waals surface area (Å²) in [6.45, 7) is -0.0150. The van der Waals surface area contributed by atoms with Gasteiger partial charge in [0.25, 0.3) is 5.69 Å². The predicted molar refractivity (Wildman–Crippen MR) is 79.2 cm³/mol. The van der Waals surface area contributed by atoms with Crippen molar-refractivity contribution in [2.75, 3.05) is 0 Å². The first-order valence-electron chi connectivity index (χ1n) is 5.48. The van der Waals surface area contributed by atoms with Gasteiger partial charge in [-0.2, -0.15) is 0 Å². The van der Waals surface area contributed by atoms with E-state index in [0.717, 1.165) is 0 Å². The van der Waals surface area contributed by atoms with Gasteiger partial charge in [-0.15, -0.1) is 0 Å². The van der Waals surface area contributed by atoms with E-state index < -0.39 is 10.7 Å². The number of hydrogen-bond acceptors (Lipinski definition) is 3. The Hall–Kier alpha value is -1.47. The molecule has 0 aliphatic rings. The molecule has 4 nitrogen and oxygen atoms in total. The first kappa shape index (κ1) is 14.9. The van der Waals surface area contributed by atoms with Crippen LogP contribution in [0.2, 0.25) is 0 Å². The molecule has 0 atom stereocenters. The number of ether oxygens (including phenoxy) is 1. The monoisotopic (exact) mass is 403 g/mol. The number of nitro groups is 1. The van der Waals surface area contributed by atoms with E-state index >= 15 is 0 Å². The molecule has 0 unspecified atom stereocenters. The molecule has 2 aromatic rings. The van der Waals surface area contributed by atoms with E-state index in [-0.39, 0.29) is 16.8 Å². The van der Waals surface area contributed by atoms with E-state index in [9.17, 15) is 14.5 Å². The standard InChI is InChI=1S/C13H8Br2FNO3/c14-9-5-4-8(10(16)6-9)7-20-12-3-1-2-11(13(12)15)17(18)19/h1-6H,7H2. The molecule has 0 aliphatic carbocycles. The van der Waals surface area contributed by atoms with Gasteiger partial charge in [0.2, 0.25) is 0 Å². The van der Waals surface area contributed by atoms with Crippen LogP contribution in [0.4, 0.5) is 10.1 Å². The van der Waals surface area contributed by atoms with Crippen LogP contribution in [0.3, 0.4) is 0 Å². The normalized spacial score (nSPS) is 10.3. The summed E-state index contributed by atoms with van der Waals surface area (Å²) in [5, 5.41) is 10.8. The maximum atomic E-state index is 13.6. The number of nitro benzene ring substituents is 1. The van der Waals surface area contributed by atoms with Crippen molar-refractivity contribution in [1.29, 1.82) is 0 Å². The van der Waals surface area contributed by atoms with E-state index in [0.29, 0.717) is 15.8 Å². The van der Waals surface area contributed by atoms with Gasteiger partial charge in [-0.3, -0.25) is 10.1 Å². The van der Waals surface area contributed by atoms with Gasteiger partial charge >= 0.3 is 0 Å². The highest BCUT2D eigenvalue weighted by Gasteiger charge is 2.16. The second-order valence-electron chi connectivity index (χ2n) is 3.87. The molecule has 0 bridgehead atoms. The van der Waals surface area contributed by atoms with E-state index in [1.165, 1.54) is 18.2 Å². The topological polar surface area (TPSA) is 52.4 Å². The smallest absolute Gasteiger partial charge is 0.287 e. The zero-order valence-electron chi connectivity index (χ0n) is 9.98. The molecule has 0 aliphatic heterocycles. The van der Waals surface area contributed by atoms with Gasteiger partial charge in [0.05, 0.1) is 4.92 Å². The lowest BCUT2D eigenvalue weighted by molar-refractivity contribution is -0.385. The molecular weight excluding hydrogens is 397 g/mol. The fourth-order valence-electron chi connectivity index (χ4n) is 1.55. The zero-order valence-corrected chi connectivity index (χ0v) is 13.1. The van der Waals surface area contributed by atoms with Crippen LogP contribution in [-0.2, 0) is 6.61 Å². The molecule has 2 aromatic carbocycles. The fourth-order valence-corrected chi connectivity index (χ4v) is 2.40. The van der Waals surface area contributed by atoms with Crippen LogP contribution >= 0.6 is 31.9 Å². The SMILES string of the molecule is O=[N+]([O-])c1cccc(OCc2ccc(Br)cc2F)c1Br. The molecule has 0 saturated carbocycles. The summed E-state index contributed by atoms with van der Waals surface area (Å²) in [6.07, 6.45) is 0. The first-order valence-corrected chi connectivity index (χ1v) is 7.07. The molecule has 20 heavy (non-hydrogen) atoms. The second kappa shape index (κ2) is 6.32. The van der Waals surface area contributed by atoms with Crippen LogP contribution in [0.5, 0.6) is 5.75 Å². The average molecular weight is 405 g/mol. The molecule has 7 heteroatoms. The Balaban J connectivity index is 2.19. The Kier molecular flexibility index (Phi) is 4.72. The number of hydrogen-bond donors (Lipinski definition) is 0. The number of nitrogens with zero attached hydrogens (tertiary/aromatic N) is 1. The van der Waals surface area contributed by atoms with Crippen molar-refractivity contribution in [1.82, 2.24) is 0 Å². The Morgan fingerprint density at radius 3 is 2.65 bits per heavy atom. The lowest BCUT2D eigenvalue weighted by atomic mass is 10.2. The number of halogens is 3. The predicted octanol–water partition coefficient (Wildman–Crippen LogP) is 4.84. The first-order chi connectivity index (χ1) is 9.49. The maximum Gasteiger partial charge on any atom is 0.287 e. The largest absolute Gasteiger partial charge is 0.487 e. The highest BCUT2D eigenvalue weighted by molar-refractivity contribution is 9.11. The molecule has 0 aromatic heterocycles. The van der Waals surface area contributed by atoms with Gasteiger partial charge < -0.3 is 4.74 Å². The Bertz CT molecular complexity index is 664. The van der Waals surface area contributed by atoms with Crippen LogP contribution in [0, 0.1) is 15.9 Å². The molecule has 0 N–H and O–H groups in total. The zero-order chi connectivity index (χ0) is 14.7. The van der Waals surface area contributed by atoms with Crippen molar-refractivity contribution >= 4 is 37.5 Å². The van der Waals surface area contributed by atoms with Crippen LogP contribution < -0.4 is 4.74 Å². The highest BCUT2D eigenvalue weighted by Crippen LogP contribution is 2.34. The summed E-state index contributed by atoms with van der Waals surface area (Å²) in [5.74, 6) is -0.109. The third-order valence-corrected chi connectivity index (χ3v) is 3.83. The molecule has 0 radical (unpaired) electrons. The van der Waals surface area contributed by atoms with Crippen molar-refractivity contribution in [2.45, 2.75) is 6.61 Å². The van der Waals surface area contributed by atoms with Gasteiger partial charge in [0, 0.05) is 16.1 Å². The lowest BCUT2D eigenvalue weighted by Crippen LogP contribution is -2.00. The molecule has 0 amide bonds. The van der Waals surface area contributed by atoms with Crippen molar-refractivity contribution < 1.29 is 14.1 Å². The maximum absolute atomic E-state index is 13.6. The summed E-state index contributed by atoms with van der Waals surface area (Å²) in [7, 11) is 0. The van der Waals surface area contributed by atoms with Crippen LogP contribution in [0.1, 0.15) is 5.56 Å². The minimum absolute atomic E-state index is 0.0150. The van der Waals surface area contributed by atoms with E-state index in [1.54, 1.807) is 18.2 Å². The molecule has 0 saturated heterocycles. The molecular formula is C13H8Br2FNO3. The van der Waals surface area contributed by atoms with Crippen molar-refractivity contribution in [3.05, 3.63) is 66.8 Å². The summed E-state index contributed by atoms with van der Waals surface area (Å²) in [4.78, 5) is 10.3. The average Bonchev–Trinajstić information content (AvgIpc) is 2.39. The Morgan fingerprint density at radius 1 is 1.25 bits per heavy atom. The molecule has 0 spiro atoms. The van der Waals surface area contributed by atoms with E-state index in [2.05, 4.69) is 31.9 Å². The highest BCUT2D eigenvalue weighted by atomic mass is 79.9. The fraction of sp³-hybridized carbons (Fsp3) is 0.0769. The van der Waals surface area contributed by atoms with Crippen molar-refractivity contribution in [2.24, 2.45) is 0 Å². The van der Waals surface area contributed by atoms with Crippen molar-refractivity contribution in [3.8, 4) is 5.75 Å². The summed E-state index contributed by atoms with van der Waals surface area (Å²) in [6, 6.07) is 9.07. The van der Waals surface area contributed by atoms with E-state index in [4.69, 9.17) is 4.74 Å². The van der Waals surface area contributed by atoms with Crippen LogP contribution in [0.25, 0.3) is 0 Å². The molecule has 2 rings (SSSR count). The summed E-state index contributed by atoms with van der Waals surface area (Å²) < 4.78 is 19.9. The van der Waals surface area contributed by atoms with Crippen molar-refractivity contribution in [3.63, 3.8) is 0 Å². The lowest BCUT2D eigenvalue weighted by Gasteiger charge is -2.09. The minimum atomic E-state index is -0.517. The van der Waals surface area contributed by atoms with Crippen LogP contribution in [0.15, 0.2) is 45.3 Å². The molecule has 0 heterocycles. The van der Waals surface area contributed by atoms with E-state index in [1.807, 2.05) is 0 Å². The minimum Gasteiger partial charge on any atom is -0.487 e. The summed E-state index contributed by atoms with van der Waals surface area (Å²) in [5.41, 5.74) is 0.269. The van der Waals surface area contributed by atoms with Gasteiger partial charge in [-0.1, -0.05) is 28.1 Å².